The van der Waals surface area contributed by atoms with Gasteiger partial charge in [0, 0.05) is 30.1 Å². The molecule has 2 N–H and O–H groups in total. The summed E-state index contributed by atoms with van der Waals surface area (Å²) in [4.78, 5) is 40.2. The van der Waals surface area contributed by atoms with Gasteiger partial charge in [0.2, 0.25) is 0 Å². The maximum absolute atomic E-state index is 12.5. The second kappa shape index (κ2) is 10.9. The number of benzene rings is 2. The van der Waals surface area contributed by atoms with Crippen LogP contribution in [0.4, 0.5) is 0 Å². The lowest BCUT2D eigenvalue weighted by molar-refractivity contribution is -0.143. The van der Waals surface area contributed by atoms with Gasteiger partial charge in [-0.2, -0.15) is 0 Å². The molecule has 1 heterocycles. The summed E-state index contributed by atoms with van der Waals surface area (Å²) in [6.45, 7) is 0.400. The Morgan fingerprint density at radius 3 is 2.44 bits per heavy atom. The second-order valence-corrected chi connectivity index (χ2v) is 8.65. The highest BCUT2D eigenvalue weighted by Crippen LogP contribution is 2.28. The predicted octanol–water partition coefficient (Wildman–Crippen LogP) is 4.65. The number of nitrogens with one attached hydrogen (secondary N) is 1. The van der Waals surface area contributed by atoms with Gasteiger partial charge in [-0.25, -0.2) is 0 Å². The minimum absolute atomic E-state index is 0.00939. The van der Waals surface area contributed by atoms with Crippen LogP contribution in [0, 0.1) is 5.92 Å². The van der Waals surface area contributed by atoms with Crippen LogP contribution >= 0.6 is 0 Å². The van der Waals surface area contributed by atoms with E-state index in [4.69, 9.17) is 9.84 Å². The highest BCUT2D eigenvalue weighted by molar-refractivity contribution is 5.97. The van der Waals surface area contributed by atoms with Crippen molar-refractivity contribution >= 4 is 28.6 Å². The molecule has 2 aromatic carbocycles. The largest absolute Gasteiger partial charge is 0.490 e. The lowest BCUT2D eigenvalue weighted by Gasteiger charge is -2.26. The highest BCUT2D eigenvalue weighted by atomic mass is 16.5. The van der Waals surface area contributed by atoms with E-state index in [0.717, 1.165) is 23.7 Å². The fraction of sp³-hybridized carbons (Fsp3) is 0.333. The monoisotopic (exact) mass is 460 g/mol. The first-order valence-electron chi connectivity index (χ1n) is 11.7. The zero-order chi connectivity index (χ0) is 23.9. The van der Waals surface area contributed by atoms with Crippen molar-refractivity contribution in [1.29, 1.82) is 0 Å². The van der Waals surface area contributed by atoms with E-state index in [-0.39, 0.29) is 23.7 Å². The third-order valence-electron chi connectivity index (χ3n) is 6.22. The molecule has 4 rings (SSSR count). The van der Waals surface area contributed by atoms with E-state index in [9.17, 15) is 14.4 Å². The number of fused-ring (bicyclic) bond motifs is 1. The Balaban J connectivity index is 1.19. The minimum atomic E-state index is -0.730. The number of ketones is 1. The predicted molar refractivity (Wildman–Crippen MR) is 128 cm³/mol. The van der Waals surface area contributed by atoms with Crippen LogP contribution in [0.1, 0.15) is 59.2 Å². The van der Waals surface area contributed by atoms with Crippen molar-refractivity contribution in [2.24, 2.45) is 5.92 Å². The number of Topliss-reactive ketones (excluding diaryl/α,β-unsaturated/α-hetero) is 1. The number of aromatic nitrogens is 1. The van der Waals surface area contributed by atoms with Crippen LogP contribution in [-0.4, -0.2) is 40.4 Å². The van der Waals surface area contributed by atoms with Gasteiger partial charge in [0.1, 0.15) is 5.75 Å². The quantitative estimate of drug-likeness (QED) is 0.356. The molecule has 0 aliphatic heterocycles. The molecule has 1 aromatic heterocycles. The maximum Gasteiger partial charge on any atom is 0.306 e. The Labute approximate surface area is 198 Å². The van der Waals surface area contributed by atoms with E-state index in [0.29, 0.717) is 49.1 Å². The summed E-state index contributed by atoms with van der Waals surface area (Å²) in [6.07, 6.45) is 5.14. The number of para-hydroxylation sites is 1. The molecule has 7 nitrogen and oxygen atoms in total. The average Bonchev–Trinajstić information content (AvgIpc) is 2.87. The van der Waals surface area contributed by atoms with E-state index in [1.165, 1.54) is 0 Å². The summed E-state index contributed by atoms with van der Waals surface area (Å²) in [7, 11) is 0. The Hall–Kier alpha value is -3.74. The number of hydrogen-bond acceptors (Lipinski definition) is 5. The molecular weight excluding hydrogens is 432 g/mol. The molecule has 7 heteroatoms. The summed E-state index contributed by atoms with van der Waals surface area (Å²) >= 11 is 0. The molecular formula is C27H28N2O5. The number of aliphatic carboxylic acids is 1. The van der Waals surface area contributed by atoms with Crippen LogP contribution in [0.15, 0.2) is 60.8 Å². The van der Waals surface area contributed by atoms with Gasteiger partial charge in [0.05, 0.1) is 23.1 Å². The van der Waals surface area contributed by atoms with Crippen LogP contribution in [-0.2, 0) is 4.79 Å². The summed E-state index contributed by atoms with van der Waals surface area (Å²) in [5, 5.41) is 12.8. The molecule has 1 fully saturated rings. The van der Waals surface area contributed by atoms with Crippen molar-refractivity contribution in [3.8, 4) is 5.75 Å². The van der Waals surface area contributed by atoms with Crippen molar-refractivity contribution in [3.63, 3.8) is 0 Å². The number of rotatable bonds is 9. The SMILES string of the molecule is O=C(CCCNC(=O)c1cnc2ccccc2c1)c1ccc(OC2CCC(C(=O)O)CC2)cc1. The van der Waals surface area contributed by atoms with E-state index in [2.05, 4.69) is 10.3 Å². The van der Waals surface area contributed by atoms with E-state index < -0.39 is 5.97 Å². The summed E-state index contributed by atoms with van der Waals surface area (Å²) in [5.41, 5.74) is 1.94. The molecule has 0 spiro atoms. The summed E-state index contributed by atoms with van der Waals surface area (Å²) < 4.78 is 5.95. The summed E-state index contributed by atoms with van der Waals surface area (Å²) in [5.74, 6) is -0.508. The van der Waals surface area contributed by atoms with Crippen molar-refractivity contribution in [2.45, 2.75) is 44.6 Å². The number of carbonyl (C=O) groups is 3. The maximum atomic E-state index is 12.5. The second-order valence-electron chi connectivity index (χ2n) is 8.65. The molecule has 0 bridgehead atoms. The van der Waals surface area contributed by atoms with Crippen LogP contribution < -0.4 is 10.1 Å². The first-order chi connectivity index (χ1) is 16.5. The fourth-order valence-corrected chi connectivity index (χ4v) is 4.23. The van der Waals surface area contributed by atoms with Crippen molar-refractivity contribution in [3.05, 3.63) is 71.9 Å². The highest BCUT2D eigenvalue weighted by Gasteiger charge is 2.26. The zero-order valence-electron chi connectivity index (χ0n) is 18.9. The van der Waals surface area contributed by atoms with E-state index in [1.54, 1.807) is 30.5 Å². The third-order valence-corrected chi connectivity index (χ3v) is 6.22. The van der Waals surface area contributed by atoms with Gasteiger partial charge < -0.3 is 15.2 Å². The first kappa shape index (κ1) is 23.4. The van der Waals surface area contributed by atoms with Crippen molar-refractivity contribution < 1.29 is 24.2 Å². The van der Waals surface area contributed by atoms with Gasteiger partial charge in [0.15, 0.2) is 5.78 Å². The van der Waals surface area contributed by atoms with Crippen LogP contribution in [0.2, 0.25) is 0 Å². The molecule has 1 aliphatic rings. The van der Waals surface area contributed by atoms with Gasteiger partial charge in [-0.15, -0.1) is 0 Å². The van der Waals surface area contributed by atoms with Gasteiger partial charge in [-0.3, -0.25) is 19.4 Å². The smallest absolute Gasteiger partial charge is 0.306 e. The first-order valence-corrected chi connectivity index (χ1v) is 11.7. The lowest BCUT2D eigenvalue weighted by Crippen LogP contribution is -2.27. The van der Waals surface area contributed by atoms with Gasteiger partial charge in [0.25, 0.3) is 5.91 Å². The van der Waals surface area contributed by atoms with E-state index in [1.807, 2.05) is 30.3 Å². The number of carboxylic acids is 1. The molecule has 1 amide bonds. The summed E-state index contributed by atoms with van der Waals surface area (Å²) in [6, 6.07) is 16.5. The number of ether oxygens (including phenoxy) is 1. The van der Waals surface area contributed by atoms with Crippen LogP contribution in [0.3, 0.4) is 0 Å². The number of carbonyl (C=O) groups excluding carboxylic acids is 2. The fourth-order valence-electron chi connectivity index (χ4n) is 4.23. The Morgan fingerprint density at radius 2 is 1.71 bits per heavy atom. The number of hydrogen-bond donors (Lipinski definition) is 2. The standard InChI is InChI=1S/C27H28N2O5/c30-25(6-3-15-28-26(31)21-16-20-4-1-2-5-24(20)29-17-21)18-7-11-22(12-8-18)34-23-13-9-19(10-14-23)27(32)33/h1-2,4-5,7-8,11-12,16-17,19,23H,3,6,9-10,13-15H2,(H,28,31)(H,32,33). The Bertz CT molecular complexity index is 1170. The molecule has 1 saturated carbocycles. The molecule has 0 radical (unpaired) electrons. The number of amides is 1. The number of pyridine rings is 1. The third kappa shape index (κ3) is 5.98. The number of carboxylic acid groups (broad SMARTS) is 1. The van der Waals surface area contributed by atoms with Crippen molar-refractivity contribution in [1.82, 2.24) is 10.3 Å². The molecule has 0 atom stereocenters. The molecule has 1 aliphatic carbocycles. The lowest BCUT2D eigenvalue weighted by atomic mass is 9.87. The van der Waals surface area contributed by atoms with Crippen LogP contribution in [0.5, 0.6) is 5.75 Å². The molecule has 3 aromatic rings. The molecule has 0 saturated heterocycles. The van der Waals surface area contributed by atoms with Gasteiger partial charge in [-0.1, -0.05) is 18.2 Å². The normalized spacial score (nSPS) is 17.8. The van der Waals surface area contributed by atoms with Crippen LogP contribution in [0.25, 0.3) is 10.9 Å². The molecule has 34 heavy (non-hydrogen) atoms. The van der Waals surface area contributed by atoms with E-state index >= 15 is 0 Å². The average molecular weight is 461 g/mol. The minimum Gasteiger partial charge on any atom is -0.490 e. The Kier molecular flexibility index (Phi) is 7.52. The topological polar surface area (TPSA) is 106 Å². The molecule has 176 valence electrons. The van der Waals surface area contributed by atoms with Gasteiger partial charge in [-0.05, 0) is 68.5 Å². The van der Waals surface area contributed by atoms with Crippen molar-refractivity contribution in [2.75, 3.05) is 6.54 Å². The Morgan fingerprint density at radius 1 is 0.971 bits per heavy atom. The zero-order valence-corrected chi connectivity index (χ0v) is 18.9. The van der Waals surface area contributed by atoms with Gasteiger partial charge >= 0.3 is 5.97 Å². The number of nitrogens with zero attached hydrogens (tertiary/aromatic N) is 1. The molecule has 0 unspecified atom stereocenters.